The predicted octanol–water partition coefficient (Wildman–Crippen LogP) is 3.88. The van der Waals surface area contributed by atoms with Crippen molar-refractivity contribution >= 4 is 27.6 Å². The molecule has 5 heteroatoms. The Labute approximate surface area is 122 Å². The van der Waals surface area contributed by atoms with Gasteiger partial charge in [-0.2, -0.15) is 9.36 Å². The second-order valence-electron chi connectivity index (χ2n) is 5.06. The van der Waals surface area contributed by atoms with Crippen LogP contribution in [0.25, 0.3) is 22.4 Å². The van der Waals surface area contributed by atoms with Crippen molar-refractivity contribution in [3.05, 3.63) is 35.9 Å². The van der Waals surface area contributed by atoms with E-state index >= 15 is 0 Å². The summed E-state index contributed by atoms with van der Waals surface area (Å²) in [5.74, 6) is 0.687. The summed E-state index contributed by atoms with van der Waals surface area (Å²) in [6.45, 7) is 6.26. The van der Waals surface area contributed by atoms with E-state index in [1.807, 2.05) is 24.3 Å². The van der Waals surface area contributed by atoms with Crippen molar-refractivity contribution in [3.8, 4) is 11.5 Å². The first-order valence-corrected chi connectivity index (χ1v) is 7.38. The molecule has 0 amide bonds. The molecule has 0 atom stereocenters. The topological polar surface area (TPSA) is 50.7 Å². The average molecular weight is 284 g/mol. The smallest absolute Gasteiger partial charge is 0.203 e. The molecule has 0 aliphatic heterocycles. The van der Waals surface area contributed by atoms with E-state index in [0.29, 0.717) is 11.9 Å². The quantitative estimate of drug-likeness (QED) is 0.793. The highest BCUT2D eigenvalue weighted by Gasteiger charge is 2.10. The van der Waals surface area contributed by atoms with Crippen molar-refractivity contribution in [1.29, 1.82) is 0 Å². The normalized spacial score (nSPS) is 11.2. The summed E-state index contributed by atoms with van der Waals surface area (Å²) in [5.41, 5.74) is 3.00. The van der Waals surface area contributed by atoms with Gasteiger partial charge in [-0.1, -0.05) is 18.2 Å². The Morgan fingerprint density at radius 1 is 1.15 bits per heavy atom. The molecule has 0 spiro atoms. The maximum absolute atomic E-state index is 4.65. The number of nitrogens with one attached hydrogen (secondary N) is 1. The molecule has 20 heavy (non-hydrogen) atoms. The lowest BCUT2D eigenvalue weighted by molar-refractivity contribution is 0.896. The lowest BCUT2D eigenvalue weighted by atomic mass is 10.1. The first-order valence-electron chi connectivity index (χ1n) is 6.60. The molecule has 2 aromatic heterocycles. The second-order valence-corrected chi connectivity index (χ2v) is 5.82. The summed E-state index contributed by atoms with van der Waals surface area (Å²) in [4.78, 5) is 9.16. The minimum atomic E-state index is 0.349. The minimum Gasteiger partial charge on any atom is -0.358 e. The van der Waals surface area contributed by atoms with Gasteiger partial charge in [0.1, 0.15) is 5.69 Å². The number of rotatable bonds is 3. The molecular weight excluding hydrogens is 268 g/mol. The third-order valence-electron chi connectivity index (χ3n) is 2.99. The fourth-order valence-corrected chi connectivity index (χ4v) is 2.82. The van der Waals surface area contributed by atoms with Gasteiger partial charge in [0.05, 0.1) is 5.52 Å². The summed E-state index contributed by atoms with van der Waals surface area (Å²) in [6.07, 6.45) is 0. The minimum absolute atomic E-state index is 0.349. The molecular formula is C15H16N4S. The average Bonchev–Trinajstić information content (AvgIpc) is 2.86. The van der Waals surface area contributed by atoms with Crippen LogP contribution in [0.3, 0.4) is 0 Å². The number of nitrogens with zero attached hydrogens (tertiary/aromatic N) is 3. The molecule has 4 nitrogen and oxygen atoms in total. The third-order valence-corrected chi connectivity index (χ3v) is 3.64. The summed E-state index contributed by atoms with van der Waals surface area (Å²) < 4.78 is 4.39. The highest BCUT2D eigenvalue weighted by atomic mass is 32.1. The number of anilines is 1. The van der Waals surface area contributed by atoms with Gasteiger partial charge in [-0.25, -0.2) is 4.98 Å². The van der Waals surface area contributed by atoms with E-state index in [4.69, 9.17) is 0 Å². The lowest BCUT2D eigenvalue weighted by Crippen LogP contribution is -2.09. The van der Waals surface area contributed by atoms with Crippen molar-refractivity contribution in [2.75, 3.05) is 5.32 Å². The molecule has 3 aromatic rings. The Balaban J connectivity index is 2.03. The fraction of sp³-hybridized carbons (Fsp3) is 0.267. The van der Waals surface area contributed by atoms with E-state index in [-0.39, 0.29) is 0 Å². The zero-order valence-corrected chi connectivity index (χ0v) is 12.5. The van der Waals surface area contributed by atoms with Gasteiger partial charge in [-0.05, 0) is 38.5 Å². The van der Waals surface area contributed by atoms with Gasteiger partial charge in [-0.3, -0.25) is 0 Å². The van der Waals surface area contributed by atoms with Crippen LogP contribution in [-0.4, -0.2) is 20.4 Å². The first-order chi connectivity index (χ1) is 9.63. The first kappa shape index (κ1) is 13.0. The molecule has 1 aromatic carbocycles. The van der Waals surface area contributed by atoms with Crippen molar-refractivity contribution in [1.82, 2.24) is 14.3 Å². The van der Waals surface area contributed by atoms with E-state index in [0.717, 1.165) is 16.3 Å². The van der Waals surface area contributed by atoms with Crippen molar-refractivity contribution in [3.63, 3.8) is 0 Å². The second kappa shape index (κ2) is 5.17. The summed E-state index contributed by atoms with van der Waals surface area (Å²) in [7, 11) is 0. The van der Waals surface area contributed by atoms with Crippen LogP contribution in [0.2, 0.25) is 0 Å². The van der Waals surface area contributed by atoms with E-state index in [9.17, 15) is 0 Å². The number of hydrogen-bond acceptors (Lipinski definition) is 5. The number of pyridine rings is 1. The van der Waals surface area contributed by atoms with Crippen molar-refractivity contribution in [2.45, 2.75) is 26.8 Å². The Bertz CT molecular complexity index is 748. The Kier molecular flexibility index (Phi) is 3.36. The van der Waals surface area contributed by atoms with E-state index in [2.05, 4.69) is 46.5 Å². The largest absolute Gasteiger partial charge is 0.358 e. The molecule has 2 heterocycles. The summed E-state index contributed by atoms with van der Waals surface area (Å²) in [6, 6.07) is 10.5. The number of aryl methyl sites for hydroxylation is 1. The molecule has 0 saturated carbocycles. The van der Waals surface area contributed by atoms with Crippen LogP contribution in [0.5, 0.6) is 0 Å². The Morgan fingerprint density at radius 2 is 1.95 bits per heavy atom. The van der Waals surface area contributed by atoms with Gasteiger partial charge in [0.25, 0.3) is 0 Å². The van der Waals surface area contributed by atoms with Crippen LogP contribution in [-0.2, 0) is 0 Å². The van der Waals surface area contributed by atoms with E-state index < -0.39 is 0 Å². The number of fused-ring (bicyclic) bond motifs is 1. The molecule has 0 radical (unpaired) electrons. The zero-order valence-electron chi connectivity index (χ0n) is 11.7. The summed E-state index contributed by atoms with van der Waals surface area (Å²) >= 11 is 1.37. The molecule has 0 bridgehead atoms. The maximum atomic E-state index is 4.65. The van der Waals surface area contributed by atoms with Gasteiger partial charge in [-0.15, -0.1) is 0 Å². The van der Waals surface area contributed by atoms with Crippen LogP contribution < -0.4 is 5.32 Å². The van der Waals surface area contributed by atoms with Gasteiger partial charge >= 0.3 is 0 Å². The zero-order chi connectivity index (χ0) is 14.1. The van der Waals surface area contributed by atoms with E-state index in [1.165, 1.54) is 22.5 Å². The van der Waals surface area contributed by atoms with Gasteiger partial charge in [0.2, 0.25) is 5.13 Å². The highest BCUT2D eigenvalue weighted by molar-refractivity contribution is 7.09. The molecule has 0 aliphatic rings. The fourth-order valence-electron chi connectivity index (χ4n) is 2.10. The van der Waals surface area contributed by atoms with Crippen LogP contribution in [0, 0.1) is 6.92 Å². The van der Waals surface area contributed by atoms with Crippen LogP contribution in [0.1, 0.15) is 19.4 Å². The molecule has 0 unspecified atom stereocenters. The number of para-hydroxylation sites is 1. The third kappa shape index (κ3) is 2.49. The van der Waals surface area contributed by atoms with Crippen LogP contribution in [0.4, 0.5) is 5.13 Å². The molecule has 0 fully saturated rings. The van der Waals surface area contributed by atoms with Gasteiger partial charge < -0.3 is 5.32 Å². The van der Waals surface area contributed by atoms with Crippen LogP contribution in [0.15, 0.2) is 30.3 Å². The standard InChI is InChI=1S/C15H16N4S/c1-9(2)16-15-18-14(19-20-15)13-8-10(3)11-6-4-5-7-12(11)17-13/h4-9H,1-3H3,(H,16,18,19). The summed E-state index contributed by atoms with van der Waals surface area (Å²) in [5, 5.41) is 5.27. The molecule has 102 valence electrons. The number of benzene rings is 1. The molecule has 1 N–H and O–H groups in total. The van der Waals surface area contributed by atoms with Gasteiger partial charge in [0, 0.05) is 23.0 Å². The van der Waals surface area contributed by atoms with Gasteiger partial charge in [0.15, 0.2) is 5.82 Å². The number of hydrogen-bond donors (Lipinski definition) is 1. The Morgan fingerprint density at radius 3 is 2.75 bits per heavy atom. The van der Waals surface area contributed by atoms with Crippen molar-refractivity contribution < 1.29 is 0 Å². The monoisotopic (exact) mass is 284 g/mol. The lowest BCUT2D eigenvalue weighted by Gasteiger charge is -2.04. The number of aromatic nitrogens is 3. The van der Waals surface area contributed by atoms with Crippen molar-refractivity contribution in [2.24, 2.45) is 0 Å². The SMILES string of the molecule is Cc1cc(-c2nsc(NC(C)C)n2)nc2ccccc12. The highest BCUT2D eigenvalue weighted by Crippen LogP contribution is 2.24. The van der Waals surface area contributed by atoms with Crippen LogP contribution >= 0.6 is 11.5 Å². The molecule has 3 rings (SSSR count). The predicted molar refractivity (Wildman–Crippen MR) is 84.1 cm³/mol. The molecule has 0 aliphatic carbocycles. The maximum Gasteiger partial charge on any atom is 0.203 e. The molecule has 0 saturated heterocycles. The Hall–Kier alpha value is -2.01. The van der Waals surface area contributed by atoms with E-state index in [1.54, 1.807) is 0 Å².